The van der Waals surface area contributed by atoms with E-state index in [9.17, 15) is 15.0 Å². The summed E-state index contributed by atoms with van der Waals surface area (Å²) in [6, 6.07) is 3.09. The van der Waals surface area contributed by atoms with Gasteiger partial charge in [-0.1, -0.05) is 93.2 Å². The van der Waals surface area contributed by atoms with Crippen LogP contribution >= 0.6 is 0 Å². The van der Waals surface area contributed by atoms with E-state index in [-0.39, 0.29) is 53.5 Å². The van der Waals surface area contributed by atoms with Gasteiger partial charge in [0.05, 0.1) is 37.1 Å². The number of alkyl carbamates (subject to hydrolysis) is 1. The third kappa shape index (κ3) is 12.1. The first-order valence-corrected chi connectivity index (χ1v) is 34.2. The van der Waals surface area contributed by atoms with E-state index in [1.54, 1.807) is 6.08 Å². The Labute approximate surface area is 442 Å². The molecule has 0 saturated carbocycles. The molecule has 0 radical (unpaired) electrons. The summed E-state index contributed by atoms with van der Waals surface area (Å²) in [6.07, 6.45) is 10.5. The lowest BCUT2D eigenvalue weighted by molar-refractivity contribution is -0.400. The molecule has 3 N–H and O–H groups in total. The fourth-order valence-corrected chi connectivity index (χ4v) is 18.5. The molecule has 0 unspecified atom stereocenters. The average Bonchev–Trinajstić information content (AvgIpc) is 3.85. The predicted octanol–water partition coefficient (Wildman–Crippen LogP) is 12.0. The Bertz CT molecular complexity index is 1980. The number of aliphatic hydroxyl groups excluding tert-OH is 2. The van der Waals surface area contributed by atoms with E-state index in [1.807, 2.05) is 0 Å². The molecule has 73 heavy (non-hydrogen) atoms. The van der Waals surface area contributed by atoms with Crippen molar-refractivity contribution >= 4 is 28.5 Å². The van der Waals surface area contributed by atoms with Gasteiger partial charge in [0.2, 0.25) is 0 Å². The second-order valence-electron chi connectivity index (χ2n) is 25.8. The van der Waals surface area contributed by atoms with Crippen molar-refractivity contribution in [2.24, 2.45) is 29.1 Å². The van der Waals surface area contributed by atoms with E-state index in [2.05, 4.69) is 107 Å². The minimum absolute atomic E-state index is 0.0191. The van der Waals surface area contributed by atoms with Gasteiger partial charge >= 0.3 is 6.09 Å². The number of hydrogen-bond donors (Lipinski definition) is 3. The number of rotatable bonds is 16. The minimum atomic E-state index is -2.39. The Kier molecular flexibility index (Phi) is 18.5. The molecule has 15 atom stereocenters. The van der Waals surface area contributed by atoms with Crippen molar-refractivity contribution in [2.45, 2.75) is 268 Å². The number of hydrogen-bond acceptors (Lipinski definition) is 12. The summed E-state index contributed by atoms with van der Waals surface area (Å²) in [7, 11) is -4.51. The summed E-state index contributed by atoms with van der Waals surface area (Å²) in [5.74, 6) is -3.27. The molecule has 6 heterocycles. The molecule has 13 nitrogen and oxygen atoms in total. The van der Waals surface area contributed by atoms with E-state index >= 15 is 4.79 Å². The normalized spacial score (nSPS) is 38.7. The zero-order chi connectivity index (χ0) is 53.4. The van der Waals surface area contributed by atoms with Crippen molar-refractivity contribution in [3.8, 4) is 0 Å². The number of fused-ring (bicyclic) bond motifs is 7. The Morgan fingerprint density at radius 3 is 2.30 bits per heavy atom. The highest BCUT2D eigenvalue weighted by Gasteiger charge is 2.68. The molecule has 1 aliphatic carbocycles. The molecule has 0 aromatic heterocycles. The molecule has 1 amide bonds. The van der Waals surface area contributed by atoms with Crippen molar-refractivity contribution in [3.63, 3.8) is 0 Å². The fourth-order valence-electron chi connectivity index (χ4n) is 13.9. The summed E-state index contributed by atoms with van der Waals surface area (Å²) in [5, 5.41) is 24.7. The topological polar surface area (TPSA) is 160 Å². The first-order chi connectivity index (χ1) is 34.3. The van der Waals surface area contributed by atoms with Gasteiger partial charge in [-0.15, -0.1) is 0 Å². The van der Waals surface area contributed by atoms with Gasteiger partial charge in [-0.2, -0.15) is 0 Å². The predicted molar refractivity (Wildman–Crippen MR) is 290 cm³/mol. The van der Waals surface area contributed by atoms with Gasteiger partial charge in [0.25, 0.3) is 0 Å². The van der Waals surface area contributed by atoms with Crippen LogP contribution < -0.4 is 5.32 Å². The highest BCUT2D eigenvalue weighted by atomic mass is 28.4. The lowest BCUT2D eigenvalue weighted by Gasteiger charge is -2.55. The number of amides is 1. The number of ether oxygens (including phenoxy) is 6. The Hall–Kier alpha value is -1.77. The molecule has 6 aliphatic heterocycles. The van der Waals surface area contributed by atoms with E-state index < -0.39 is 81.9 Å². The van der Waals surface area contributed by atoms with Gasteiger partial charge in [0.15, 0.2) is 34.0 Å². The Morgan fingerprint density at radius 1 is 0.918 bits per heavy atom. The minimum Gasteiger partial charge on any atom is -0.445 e. The maximum atomic E-state index is 15.9. The molecule has 0 aromatic rings. The second-order valence-corrected chi connectivity index (χ2v) is 35.3. The maximum absolute atomic E-state index is 15.9. The molecule has 7 bridgehead atoms. The summed E-state index contributed by atoms with van der Waals surface area (Å²) in [5.41, 5.74) is 0.178. The molecule has 6 saturated heterocycles. The van der Waals surface area contributed by atoms with Gasteiger partial charge in [0.1, 0.15) is 24.1 Å². The average molecular weight is 1060 g/mol. The highest BCUT2D eigenvalue weighted by molar-refractivity contribution is 6.74. The van der Waals surface area contributed by atoms with E-state index in [0.29, 0.717) is 82.7 Å². The lowest BCUT2D eigenvalue weighted by atomic mass is 9.57. The van der Waals surface area contributed by atoms with E-state index in [1.165, 1.54) is 0 Å². The molecular formula is C58H99NO12Si2. The van der Waals surface area contributed by atoms with Gasteiger partial charge in [0, 0.05) is 56.4 Å². The van der Waals surface area contributed by atoms with Crippen LogP contribution in [0.15, 0.2) is 36.5 Å². The van der Waals surface area contributed by atoms with Crippen LogP contribution in [-0.4, -0.2) is 118 Å². The van der Waals surface area contributed by atoms with E-state index in [0.717, 1.165) is 55.8 Å². The molecule has 416 valence electrons. The first-order valence-electron chi connectivity index (χ1n) is 28.8. The molecule has 3 spiro atoms. The summed E-state index contributed by atoms with van der Waals surface area (Å²) in [4.78, 5) is 28.5. The number of carbonyl (C=O) groups is 2. The van der Waals surface area contributed by atoms with Gasteiger partial charge in [-0.3, -0.25) is 4.79 Å². The number of ketones is 1. The molecular weight excluding hydrogens is 959 g/mol. The largest absolute Gasteiger partial charge is 0.445 e. The number of carbonyl (C=O) groups excluding carboxylic acids is 2. The van der Waals surface area contributed by atoms with Gasteiger partial charge in [-0.05, 0) is 131 Å². The molecule has 6 fully saturated rings. The monoisotopic (exact) mass is 1060 g/mol. The van der Waals surface area contributed by atoms with Crippen LogP contribution in [0.25, 0.3) is 0 Å². The first kappa shape index (κ1) is 58.9. The van der Waals surface area contributed by atoms with Crippen molar-refractivity contribution in [2.75, 3.05) is 19.8 Å². The van der Waals surface area contributed by atoms with Crippen LogP contribution in [0.4, 0.5) is 4.79 Å². The Morgan fingerprint density at radius 2 is 1.63 bits per heavy atom. The van der Waals surface area contributed by atoms with Crippen molar-refractivity contribution in [1.29, 1.82) is 0 Å². The fraction of sp³-hybridized carbons (Fsp3) is 0.862. The SMILES string of the molecule is C=CCOC(=O)NC[C@H](C)[C@@H](C)C[C@@]12CCC([C@H](O)CO)=C[C@@H]1[C@@H]1O[C@]3(C[C@H]4CCC[C@@]5(CC[C@@]6(O[C@@H](CC[C@@]6(C)O[Si](CC)(CC)CC)CC(=C)CCCC2=O)O5)O4)C[C@@H](C)[C@@H](O[Si](C)(C)C(C)(C)C)[C@@H]1O3. The van der Waals surface area contributed by atoms with Crippen molar-refractivity contribution in [1.82, 2.24) is 5.32 Å². The van der Waals surface area contributed by atoms with E-state index in [4.69, 9.17) is 37.3 Å². The summed E-state index contributed by atoms with van der Waals surface area (Å²) in [6.45, 7) is 35.3. The quantitative estimate of drug-likeness (QED) is 0.0993. The molecule has 7 rings (SSSR count). The van der Waals surface area contributed by atoms with Crippen LogP contribution in [0, 0.1) is 29.1 Å². The van der Waals surface area contributed by atoms with Crippen LogP contribution in [0.2, 0.25) is 36.3 Å². The van der Waals surface area contributed by atoms with Crippen LogP contribution in [0.1, 0.15) is 172 Å². The summed E-state index contributed by atoms with van der Waals surface area (Å²) >= 11 is 0. The summed E-state index contributed by atoms with van der Waals surface area (Å²) < 4.78 is 57.8. The van der Waals surface area contributed by atoms with Gasteiger partial charge < -0.3 is 52.8 Å². The van der Waals surface area contributed by atoms with Crippen molar-refractivity contribution < 1.29 is 57.1 Å². The molecule has 15 heteroatoms. The zero-order valence-corrected chi connectivity index (χ0v) is 49.4. The van der Waals surface area contributed by atoms with Crippen molar-refractivity contribution in [3.05, 3.63) is 36.5 Å². The van der Waals surface area contributed by atoms with Crippen LogP contribution in [0.3, 0.4) is 0 Å². The third-order valence-electron chi connectivity index (χ3n) is 19.9. The smallest absolute Gasteiger partial charge is 0.407 e. The van der Waals surface area contributed by atoms with Crippen LogP contribution in [-0.2, 0) is 42.1 Å². The molecule has 7 aliphatic rings. The lowest BCUT2D eigenvalue weighted by Crippen LogP contribution is -2.65. The Balaban J connectivity index is 1.32. The third-order valence-corrected chi connectivity index (χ3v) is 29.1. The highest BCUT2D eigenvalue weighted by Crippen LogP contribution is 2.60. The number of Topliss-reactive ketones (excluding diaryl/α,β-unsaturated/α-hetero) is 1. The number of nitrogens with one attached hydrogen (secondary N) is 1. The maximum Gasteiger partial charge on any atom is 0.407 e. The van der Waals surface area contributed by atoms with Crippen LogP contribution in [0.5, 0.6) is 0 Å². The standard InChI is InChI=1S/C58H99NO12Si2/c1-15-31-64-52(63)59-37-42(8)40(6)34-55-28-24-43(47(61)38-60)33-46(55)50-51-49(69-72(13,14)53(9,10)11)41(7)35-57(67-50,68-51)36-45-22-20-26-56(65-45)29-30-58(70-56)54(12,71-73(16-2,17-3)18-4)27-25-44(66-58)32-39(5)21-19-23-48(55)62/h15,33,40-42,44-47,49-51,60-61H,1,5,16-32,34-38H2,2-4,6-14H3,(H,59,63)/t40-,41+,42-,44-,45+,46+,47+,49+,50-,51-,54+,55-,56+,57+,58+/m0/s1. The molecule has 0 aromatic carbocycles. The number of aliphatic hydroxyl groups is 2. The zero-order valence-electron chi connectivity index (χ0n) is 47.4. The second kappa shape index (κ2) is 22.9. The van der Waals surface area contributed by atoms with Gasteiger partial charge in [-0.25, -0.2) is 4.79 Å².